The second-order valence-corrected chi connectivity index (χ2v) is 3.60. The summed E-state index contributed by atoms with van der Waals surface area (Å²) < 4.78 is 4.66. The van der Waals surface area contributed by atoms with Crippen molar-refractivity contribution in [2.24, 2.45) is 0 Å². The number of aromatic nitrogens is 1. The number of esters is 1. The van der Waals surface area contributed by atoms with Gasteiger partial charge in [0.15, 0.2) is 5.78 Å². The van der Waals surface area contributed by atoms with E-state index in [1.54, 1.807) is 36.4 Å². The van der Waals surface area contributed by atoms with Crippen LogP contribution in [0.15, 0.2) is 48.8 Å². The van der Waals surface area contributed by atoms with Crippen LogP contribution in [0.4, 0.5) is 0 Å². The van der Waals surface area contributed by atoms with Gasteiger partial charge in [-0.3, -0.25) is 9.78 Å². The Balaban J connectivity index is 2.46. The molecule has 4 heteroatoms. The minimum atomic E-state index is -0.520. The van der Waals surface area contributed by atoms with Crippen LogP contribution in [-0.4, -0.2) is 23.8 Å². The van der Waals surface area contributed by atoms with Gasteiger partial charge in [-0.2, -0.15) is 0 Å². The number of ether oxygens (including phenoxy) is 1. The summed E-state index contributed by atoms with van der Waals surface area (Å²) in [4.78, 5) is 27.7. The summed E-state index contributed by atoms with van der Waals surface area (Å²) in [6.45, 7) is 0. The van der Waals surface area contributed by atoms with Crippen LogP contribution in [-0.2, 0) is 4.74 Å². The first-order valence-corrected chi connectivity index (χ1v) is 5.36. The van der Waals surface area contributed by atoms with E-state index in [0.29, 0.717) is 11.1 Å². The molecule has 0 unspecified atom stereocenters. The van der Waals surface area contributed by atoms with Crippen molar-refractivity contribution < 1.29 is 14.3 Å². The van der Waals surface area contributed by atoms with Crippen LogP contribution in [0.25, 0.3) is 0 Å². The van der Waals surface area contributed by atoms with Gasteiger partial charge in [-0.25, -0.2) is 4.79 Å². The molecule has 0 fully saturated rings. The first-order chi connectivity index (χ1) is 8.74. The molecule has 0 aliphatic rings. The maximum Gasteiger partial charge on any atom is 0.338 e. The Kier molecular flexibility index (Phi) is 3.48. The molecule has 1 aromatic heterocycles. The highest BCUT2D eigenvalue weighted by Crippen LogP contribution is 2.15. The van der Waals surface area contributed by atoms with Crippen LogP contribution in [0.3, 0.4) is 0 Å². The first-order valence-electron chi connectivity index (χ1n) is 5.36. The van der Waals surface area contributed by atoms with E-state index in [9.17, 15) is 9.59 Å². The lowest BCUT2D eigenvalue weighted by molar-refractivity contribution is 0.0597. The Bertz CT molecular complexity index is 579. The number of benzene rings is 1. The van der Waals surface area contributed by atoms with Crippen molar-refractivity contribution in [3.8, 4) is 0 Å². The van der Waals surface area contributed by atoms with Gasteiger partial charge in [0.2, 0.25) is 0 Å². The molecule has 1 heterocycles. The van der Waals surface area contributed by atoms with E-state index in [-0.39, 0.29) is 11.3 Å². The number of methoxy groups -OCH3 is 1. The second kappa shape index (κ2) is 5.23. The quantitative estimate of drug-likeness (QED) is 0.610. The number of carbonyl (C=O) groups excluding carboxylic acids is 2. The van der Waals surface area contributed by atoms with Crippen LogP contribution in [0, 0.1) is 0 Å². The fourth-order valence-corrected chi connectivity index (χ4v) is 1.63. The van der Waals surface area contributed by atoms with Crippen LogP contribution < -0.4 is 0 Å². The fraction of sp³-hybridized carbons (Fsp3) is 0.0714. The summed E-state index contributed by atoms with van der Waals surface area (Å²) in [5, 5.41) is 0. The molecule has 0 atom stereocenters. The number of hydrogen-bond donors (Lipinski definition) is 0. The lowest BCUT2D eigenvalue weighted by atomic mass is 9.99. The average Bonchev–Trinajstić information content (AvgIpc) is 2.46. The Morgan fingerprint density at radius 1 is 1.00 bits per heavy atom. The minimum absolute atomic E-state index is 0.224. The molecule has 2 rings (SSSR count). The maximum absolute atomic E-state index is 12.3. The summed E-state index contributed by atoms with van der Waals surface area (Å²) >= 11 is 0. The largest absolute Gasteiger partial charge is 0.465 e. The highest BCUT2D eigenvalue weighted by atomic mass is 16.5. The molecule has 0 spiro atoms. The van der Waals surface area contributed by atoms with Gasteiger partial charge < -0.3 is 4.74 Å². The highest BCUT2D eigenvalue weighted by molar-refractivity contribution is 6.14. The number of rotatable bonds is 3. The van der Waals surface area contributed by atoms with Gasteiger partial charge in [-0.1, -0.05) is 18.2 Å². The molecule has 0 radical (unpaired) electrons. The molecular formula is C14H11NO3. The summed E-state index contributed by atoms with van der Waals surface area (Å²) in [6.07, 6.45) is 3.07. The SMILES string of the molecule is COC(=O)c1ccccc1C(=O)c1ccncc1. The minimum Gasteiger partial charge on any atom is -0.465 e. The molecule has 0 aliphatic carbocycles. The Labute approximate surface area is 104 Å². The van der Waals surface area contributed by atoms with E-state index in [1.807, 2.05) is 0 Å². The Hall–Kier alpha value is -2.49. The van der Waals surface area contributed by atoms with Crippen LogP contribution >= 0.6 is 0 Å². The molecule has 0 aliphatic heterocycles. The third kappa shape index (κ3) is 2.27. The van der Waals surface area contributed by atoms with Gasteiger partial charge in [-0.05, 0) is 18.2 Å². The summed E-state index contributed by atoms with van der Waals surface area (Å²) in [5.74, 6) is -0.744. The monoisotopic (exact) mass is 241 g/mol. The van der Waals surface area contributed by atoms with Gasteiger partial charge in [0.1, 0.15) is 0 Å². The molecule has 90 valence electrons. The number of nitrogens with zero attached hydrogens (tertiary/aromatic N) is 1. The molecule has 0 saturated carbocycles. The number of pyridine rings is 1. The lowest BCUT2D eigenvalue weighted by Crippen LogP contribution is -2.11. The maximum atomic E-state index is 12.3. The average molecular weight is 241 g/mol. The predicted octanol–water partition coefficient (Wildman–Crippen LogP) is 2.10. The molecule has 0 amide bonds. The van der Waals surface area contributed by atoms with Gasteiger partial charge in [0.25, 0.3) is 0 Å². The van der Waals surface area contributed by atoms with Crippen LogP contribution in [0.2, 0.25) is 0 Å². The third-order valence-corrected chi connectivity index (χ3v) is 2.52. The summed E-state index contributed by atoms with van der Waals surface area (Å²) in [7, 11) is 1.29. The third-order valence-electron chi connectivity index (χ3n) is 2.52. The van der Waals surface area contributed by atoms with Crippen molar-refractivity contribution in [1.82, 2.24) is 4.98 Å². The standard InChI is InChI=1S/C14H11NO3/c1-18-14(17)12-5-3-2-4-11(12)13(16)10-6-8-15-9-7-10/h2-9H,1H3. The molecule has 4 nitrogen and oxygen atoms in total. The van der Waals surface area contributed by atoms with Crippen molar-refractivity contribution in [3.05, 3.63) is 65.5 Å². The smallest absolute Gasteiger partial charge is 0.338 e. The lowest BCUT2D eigenvalue weighted by Gasteiger charge is -2.06. The van der Waals surface area contributed by atoms with Crippen LogP contribution in [0.5, 0.6) is 0 Å². The van der Waals surface area contributed by atoms with Crippen molar-refractivity contribution in [2.75, 3.05) is 7.11 Å². The van der Waals surface area contributed by atoms with Gasteiger partial charge in [0.05, 0.1) is 12.7 Å². The van der Waals surface area contributed by atoms with Crippen LogP contribution in [0.1, 0.15) is 26.3 Å². The highest BCUT2D eigenvalue weighted by Gasteiger charge is 2.17. The molecule has 0 saturated heterocycles. The van der Waals surface area contributed by atoms with E-state index in [2.05, 4.69) is 9.72 Å². The zero-order chi connectivity index (χ0) is 13.0. The fourth-order valence-electron chi connectivity index (χ4n) is 1.63. The van der Waals surface area contributed by atoms with E-state index >= 15 is 0 Å². The second-order valence-electron chi connectivity index (χ2n) is 3.60. The topological polar surface area (TPSA) is 56.3 Å². The Morgan fingerprint density at radius 2 is 1.61 bits per heavy atom. The predicted molar refractivity (Wildman–Crippen MR) is 65.5 cm³/mol. The van der Waals surface area contributed by atoms with Crippen molar-refractivity contribution >= 4 is 11.8 Å². The van der Waals surface area contributed by atoms with Crippen molar-refractivity contribution in [2.45, 2.75) is 0 Å². The molecule has 1 aromatic carbocycles. The van der Waals surface area contributed by atoms with Gasteiger partial charge in [-0.15, -0.1) is 0 Å². The van der Waals surface area contributed by atoms with E-state index in [1.165, 1.54) is 19.5 Å². The molecule has 18 heavy (non-hydrogen) atoms. The molecule has 2 aromatic rings. The molecular weight excluding hydrogens is 230 g/mol. The zero-order valence-electron chi connectivity index (χ0n) is 9.79. The van der Waals surface area contributed by atoms with Crippen molar-refractivity contribution in [3.63, 3.8) is 0 Å². The Morgan fingerprint density at radius 3 is 2.22 bits per heavy atom. The zero-order valence-corrected chi connectivity index (χ0v) is 9.79. The molecule has 0 bridgehead atoms. The van der Waals surface area contributed by atoms with E-state index < -0.39 is 5.97 Å². The number of ketones is 1. The first kappa shape index (κ1) is 12.0. The van der Waals surface area contributed by atoms with E-state index in [4.69, 9.17) is 0 Å². The number of carbonyl (C=O) groups is 2. The van der Waals surface area contributed by atoms with Gasteiger partial charge in [0, 0.05) is 23.5 Å². The summed E-state index contributed by atoms with van der Waals surface area (Å²) in [6, 6.07) is 9.79. The molecule has 0 N–H and O–H groups in total. The number of hydrogen-bond acceptors (Lipinski definition) is 4. The van der Waals surface area contributed by atoms with Crippen molar-refractivity contribution in [1.29, 1.82) is 0 Å². The van der Waals surface area contributed by atoms with Gasteiger partial charge >= 0.3 is 5.97 Å². The van der Waals surface area contributed by atoms with E-state index in [0.717, 1.165) is 0 Å². The normalized spacial score (nSPS) is 9.83. The summed E-state index contributed by atoms with van der Waals surface area (Å²) in [5.41, 5.74) is 1.08.